The second-order valence-electron chi connectivity index (χ2n) is 6.26. The maximum Gasteiger partial charge on any atom is 0.263 e. The Kier molecular flexibility index (Phi) is 5.92. The number of nitrogens with one attached hydrogen (secondary N) is 3. The molecule has 1 saturated heterocycles. The van der Waals surface area contributed by atoms with Gasteiger partial charge >= 0.3 is 0 Å². The summed E-state index contributed by atoms with van der Waals surface area (Å²) in [7, 11) is -3.76. The van der Waals surface area contributed by atoms with Crippen LogP contribution in [0.3, 0.4) is 0 Å². The van der Waals surface area contributed by atoms with E-state index in [1.165, 1.54) is 31.2 Å². The molecule has 9 heteroatoms. The number of ether oxygens (including phenoxy) is 1. The molecule has 27 heavy (non-hydrogen) atoms. The molecule has 8 nitrogen and oxygen atoms in total. The van der Waals surface area contributed by atoms with Crippen LogP contribution < -0.4 is 15.4 Å². The topological polar surface area (TPSA) is 109 Å². The lowest BCUT2D eigenvalue weighted by molar-refractivity contribution is -0.114. The molecule has 1 unspecified atom stereocenters. The second kappa shape index (κ2) is 8.36. The first-order valence-electron chi connectivity index (χ1n) is 8.64. The number of carbonyl (C=O) groups is 1. The van der Waals surface area contributed by atoms with Crippen molar-refractivity contribution in [1.29, 1.82) is 0 Å². The summed E-state index contributed by atoms with van der Waals surface area (Å²) in [5, 5.41) is 5.82. The van der Waals surface area contributed by atoms with Gasteiger partial charge in [0.1, 0.15) is 5.82 Å². The predicted molar refractivity (Wildman–Crippen MR) is 103 cm³/mol. The number of sulfonamides is 1. The number of amides is 1. The summed E-state index contributed by atoms with van der Waals surface area (Å²) in [6.07, 6.45) is 3.91. The third kappa shape index (κ3) is 5.41. The standard InChI is InChI=1S/C18H22N4O4S/c1-13(23)21-14-4-7-17(8-5-14)27(24,25)22-18-9-6-15(11-20-18)19-12-16-3-2-10-26-16/h4-9,11,16,19H,2-3,10,12H2,1H3,(H,20,22)(H,21,23). The van der Waals surface area contributed by atoms with E-state index in [0.717, 1.165) is 25.1 Å². The molecule has 0 radical (unpaired) electrons. The first-order valence-corrected chi connectivity index (χ1v) is 10.1. The van der Waals surface area contributed by atoms with Gasteiger partial charge in [-0.3, -0.25) is 9.52 Å². The molecule has 1 aromatic heterocycles. The number of anilines is 3. The summed E-state index contributed by atoms with van der Waals surface area (Å²) in [5.41, 5.74) is 1.33. The number of carbonyl (C=O) groups excluding carboxylic acids is 1. The van der Waals surface area contributed by atoms with E-state index < -0.39 is 10.0 Å². The molecule has 1 fully saturated rings. The van der Waals surface area contributed by atoms with E-state index in [9.17, 15) is 13.2 Å². The molecule has 2 aromatic rings. The van der Waals surface area contributed by atoms with Crippen LogP contribution in [-0.4, -0.2) is 38.6 Å². The number of benzene rings is 1. The minimum absolute atomic E-state index is 0.0824. The lowest BCUT2D eigenvalue weighted by atomic mass is 10.2. The highest BCUT2D eigenvalue weighted by Crippen LogP contribution is 2.19. The minimum atomic E-state index is -3.76. The van der Waals surface area contributed by atoms with Gasteiger partial charge in [0.2, 0.25) is 5.91 Å². The van der Waals surface area contributed by atoms with E-state index in [2.05, 4.69) is 20.3 Å². The van der Waals surface area contributed by atoms with Crippen LogP contribution in [0.15, 0.2) is 47.5 Å². The average molecular weight is 390 g/mol. The fraction of sp³-hybridized carbons (Fsp3) is 0.333. The highest BCUT2D eigenvalue weighted by molar-refractivity contribution is 7.92. The van der Waals surface area contributed by atoms with Gasteiger partial charge in [0.25, 0.3) is 10.0 Å². The van der Waals surface area contributed by atoms with Crippen LogP contribution in [0.2, 0.25) is 0 Å². The van der Waals surface area contributed by atoms with Gasteiger partial charge < -0.3 is 15.4 Å². The van der Waals surface area contributed by atoms with Crippen molar-refractivity contribution in [2.75, 3.05) is 28.5 Å². The van der Waals surface area contributed by atoms with Crippen molar-refractivity contribution in [3.63, 3.8) is 0 Å². The number of hydrogen-bond acceptors (Lipinski definition) is 6. The Labute approximate surface area is 158 Å². The van der Waals surface area contributed by atoms with Gasteiger partial charge in [-0.05, 0) is 49.2 Å². The van der Waals surface area contributed by atoms with E-state index in [4.69, 9.17) is 4.74 Å². The van der Waals surface area contributed by atoms with Gasteiger partial charge in [0.05, 0.1) is 22.9 Å². The Bertz CT molecular complexity index is 877. The van der Waals surface area contributed by atoms with Gasteiger partial charge in [0, 0.05) is 25.8 Å². The Balaban J connectivity index is 1.60. The third-order valence-electron chi connectivity index (χ3n) is 4.05. The number of rotatable bonds is 7. The molecule has 1 amide bonds. The third-order valence-corrected chi connectivity index (χ3v) is 5.42. The zero-order valence-electron chi connectivity index (χ0n) is 14.9. The molecular weight excluding hydrogens is 368 g/mol. The summed E-state index contributed by atoms with van der Waals surface area (Å²) in [6, 6.07) is 9.26. The normalized spacial score (nSPS) is 16.7. The fourth-order valence-corrected chi connectivity index (χ4v) is 3.72. The Morgan fingerprint density at radius 1 is 1.19 bits per heavy atom. The minimum Gasteiger partial charge on any atom is -0.381 e. The quantitative estimate of drug-likeness (QED) is 0.670. The predicted octanol–water partition coefficient (Wildman–Crippen LogP) is 2.43. The van der Waals surface area contributed by atoms with E-state index in [1.807, 2.05) is 0 Å². The summed E-state index contributed by atoms with van der Waals surface area (Å²) in [5.74, 6) is 0.00438. The molecule has 3 rings (SSSR count). The molecule has 0 spiro atoms. The monoisotopic (exact) mass is 390 g/mol. The number of hydrogen-bond donors (Lipinski definition) is 3. The van der Waals surface area contributed by atoms with Crippen LogP contribution in [0.25, 0.3) is 0 Å². The number of pyridine rings is 1. The van der Waals surface area contributed by atoms with Gasteiger partial charge in [-0.15, -0.1) is 0 Å². The fourth-order valence-electron chi connectivity index (χ4n) is 2.71. The van der Waals surface area contributed by atoms with Crippen LogP contribution in [0, 0.1) is 0 Å². The largest absolute Gasteiger partial charge is 0.381 e. The lowest BCUT2D eigenvalue weighted by Gasteiger charge is -2.12. The molecule has 0 saturated carbocycles. The molecule has 1 atom stereocenters. The molecule has 1 aliphatic heterocycles. The van der Waals surface area contributed by atoms with Gasteiger partial charge in [-0.1, -0.05) is 0 Å². The second-order valence-corrected chi connectivity index (χ2v) is 7.94. The smallest absolute Gasteiger partial charge is 0.263 e. The molecule has 3 N–H and O–H groups in total. The molecule has 1 aliphatic rings. The van der Waals surface area contributed by atoms with Crippen LogP contribution in [0.1, 0.15) is 19.8 Å². The molecular formula is C18H22N4O4S. The van der Waals surface area contributed by atoms with Gasteiger partial charge in [0.15, 0.2) is 0 Å². The summed E-state index contributed by atoms with van der Waals surface area (Å²) in [6.45, 7) is 2.89. The maximum atomic E-state index is 12.4. The zero-order chi connectivity index (χ0) is 19.3. The van der Waals surface area contributed by atoms with Crippen molar-refractivity contribution in [3.8, 4) is 0 Å². The van der Waals surface area contributed by atoms with Gasteiger partial charge in [-0.25, -0.2) is 13.4 Å². The van der Waals surface area contributed by atoms with Crippen molar-refractivity contribution < 1.29 is 17.9 Å². The van der Waals surface area contributed by atoms with E-state index in [-0.39, 0.29) is 22.7 Å². The molecule has 2 heterocycles. The van der Waals surface area contributed by atoms with Crippen LogP contribution in [0.5, 0.6) is 0 Å². The highest BCUT2D eigenvalue weighted by Gasteiger charge is 2.16. The molecule has 1 aromatic carbocycles. The lowest BCUT2D eigenvalue weighted by Crippen LogP contribution is -2.18. The van der Waals surface area contributed by atoms with E-state index in [0.29, 0.717) is 12.2 Å². The van der Waals surface area contributed by atoms with Crippen LogP contribution in [0.4, 0.5) is 17.2 Å². The van der Waals surface area contributed by atoms with Crippen molar-refractivity contribution >= 4 is 33.1 Å². The van der Waals surface area contributed by atoms with Crippen molar-refractivity contribution in [1.82, 2.24) is 4.98 Å². The molecule has 0 aliphatic carbocycles. The van der Waals surface area contributed by atoms with Crippen molar-refractivity contribution in [2.24, 2.45) is 0 Å². The van der Waals surface area contributed by atoms with Crippen molar-refractivity contribution in [3.05, 3.63) is 42.6 Å². The number of nitrogens with zero attached hydrogens (tertiary/aromatic N) is 1. The highest BCUT2D eigenvalue weighted by atomic mass is 32.2. The Morgan fingerprint density at radius 3 is 2.52 bits per heavy atom. The first kappa shape index (κ1) is 19.1. The number of aromatic nitrogens is 1. The average Bonchev–Trinajstić information content (AvgIpc) is 3.14. The van der Waals surface area contributed by atoms with Crippen LogP contribution in [-0.2, 0) is 19.6 Å². The Morgan fingerprint density at radius 2 is 1.93 bits per heavy atom. The SMILES string of the molecule is CC(=O)Nc1ccc(S(=O)(=O)Nc2ccc(NCC3CCCO3)cn2)cc1. The van der Waals surface area contributed by atoms with E-state index in [1.54, 1.807) is 18.3 Å². The van der Waals surface area contributed by atoms with Crippen LogP contribution >= 0.6 is 0 Å². The van der Waals surface area contributed by atoms with Gasteiger partial charge in [-0.2, -0.15) is 0 Å². The zero-order valence-corrected chi connectivity index (χ0v) is 15.8. The molecule has 144 valence electrons. The van der Waals surface area contributed by atoms with E-state index >= 15 is 0 Å². The van der Waals surface area contributed by atoms with Crippen molar-refractivity contribution in [2.45, 2.75) is 30.8 Å². The summed E-state index contributed by atoms with van der Waals surface area (Å²) < 4.78 is 32.9. The summed E-state index contributed by atoms with van der Waals surface area (Å²) >= 11 is 0. The molecule has 0 bridgehead atoms. The maximum absolute atomic E-state index is 12.4. The first-order chi connectivity index (χ1) is 12.9. The Hall–Kier alpha value is -2.65. The summed E-state index contributed by atoms with van der Waals surface area (Å²) in [4.78, 5) is 15.2.